The zero-order valence-electron chi connectivity index (χ0n) is 8.67. The molecule has 1 aromatic rings. The number of ether oxygens (including phenoxy) is 2. The number of benzene rings is 1. The lowest BCUT2D eigenvalue weighted by molar-refractivity contribution is -0.262. The highest BCUT2D eigenvalue weighted by atomic mass is 19.4. The molecule has 1 aliphatic rings. The second kappa shape index (κ2) is 3.66. The number of rotatable bonds is 2. The van der Waals surface area contributed by atoms with Crippen molar-refractivity contribution in [2.24, 2.45) is 0 Å². The maximum atomic E-state index is 13.0. The van der Waals surface area contributed by atoms with Crippen LogP contribution >= 0.6 is 0 Å². The van der Waals surface area contributed by atoms with Crippen molar-refractivity contribution in [3.05, 3.63) is 29.8 Å². The SMILES string of the molecule is COc1ccccc1C1(C(F)(F)F)COC1. The topological polar surface area (TPSA) is 18.5 Å². The first-order chi connectivity index (χ1) is 7.51. The van der Waals surface area contributed by atoms with Gasteiger partial charge in [0.1, 0.15) is 11.2 Å². The van der Waals surface area contributed by atoms with Gasteiger partial charge in [0.25, 0.3) is 0 Å². The molecule has 0 aromatic heterocycles. The Morgan fingerprint density at radius 2 is 1.88 bits per heavy atom. The van der Waals surface area contributed by atoms with Gasteiger partial charge < -0.3 is 9.47 Å². The largest absolute Gasteiger partial charge is 0.496 e. The Labute approximate surface area is 91.0 Å². The zero-order valence-corrected chi connectivity index (χ0v) is 8.67. The molecular weight excluding hydrogens is 221 g/mol. The van der Waals surface area contributed by atoms with E-state index in [1.165, 1.54) is 19.2 Å². The van der Waals surface area contributed by atoms with Gasteiger partial charge >= 0.3 is 6.18 Å². The van der Waals surface area contributed by atoms with Crippen LogP contribution in [0.2, 0.25) is 0 Å². The smallest absolute Gasteiger partial charge is 0.403 e. The van der Waals surface area contributed by atoms with Gasteiger partial charge in [-0.2, -0.15) is 13.2 Å². The van der Waals surface area contributed by atoms with E-state index in [9.17, 15) is 13.2 Å². The van der Waals surface area contributed by atoms with E-state index >= 15 is 0 Å². The molecule has 0 radical (unpaired) electrons. The number of methoxy groups -OCH3 is 1. The number of para-hydroxylation sites is 1. The molecule has 1 fully saturated rings. The van der Waals surface area contributed by atoms with Crippen molar-refractivity contribution in [2.75, 3.05) is 20.3 Å². The summed E-state index contributed by atoms with van der Waals surface area (Å²) in [7, 11) is 1.36. The Kier molecular flexibility index (Phi) is 2.58. The normalized spacial score (nSPS) is 19.0. The molecule has 0 atom stereocenters. The average Bonchev–Trinajstić information content (AvgIpc) is 2.14. The molecule has 16 heavy (non-hydrogen) atoms. The molecule has 0 saturated carbocycles. The van der Waals surface area contributed by atoms with Crippen molar-refractivity contribution < 1.29 is 22.6 Å². The lowest BCUT2D eigenvalue weighted by atomic mass is 9.77. The number of hydrogen-bond donors (Lipinski definition) is 0. The van der Waals surface area contributed by atoms with Crippen LogP contribution in [0.25, 0.3) is 0 Å². The van der Waals surface area contributed by atoms with Gasteiger partial charge in [-0.3, -0.25) is 0 Å². The van der Waals surface area contributed by atoms with E-state index in [2.05, 4.69) is 0 Å². The summed E-state index contributed by atoms with van der Waals surface area (Å²) in [6, 6.07) is 6.19. The van der Waals surface area contributed by atoms with Crippen molar-refractivity contribution in [3.8, 4) is 5.75 Å². The standard InChI is InChI=1S/C11H11F3O2/c1-15-9-5-3-2-4-8(9)10(6-16-7-10)11(12,13)14/h2-5H,6-7H2,1H3. The minimum absolute atomic E-state index is 0.149. The molecular formula is C11H11F3O2. The van der Waals surface area contributed by atoms with Crippen LogP contribution in [0.1, 0.15) is 5.56 Å². The fraction of sp³-hybridized carbons (Fsp3) is 0.455. The first-order valence-electron chi connectivity index (χ1n) is 4.79. The van der Waals surface area contributed by atoms with Gasteiger partial charge in [0.2, 0.25) is 0 Å². The summed E-state index contributed by atoms with van der Waals surface area (Å²) in [5.74, 6) is 0.253. The third-order valence-electron chi connectivity index (χ3n) is 2.86. The minimum atomic E-state index is -4.32. The molecule has 1 aliphatic heterocycles. The number of alkyl halides is 3. The Morgan fingerprint density at radius 3 is 2.31 bits per heavy atom. The first kappa shape index (κ1) is 11.3. The van der Waals surface area contributed by atoms with Crippen LogP contribution in [0.5, 0.6) is 5.75 Å². The van der Waals surface area contributed by atoms with Crippen molar-refractivity contribution in [1.29, 1.82) is 0 Å². The summed E-state index contributed by atoms with van der Waals surface area (Å²) in [6.07, 6.45) is -4.32. The summed E-state index contributed by atoms with van der Waals surface area (Å²) < 4.78 is 48.8. The summed E-state index contributed by atoms with van der Waals surface area (Å²) in [4.78, 5) is 0. The molecule has 88 valence electrons. The van der Waals surface area contributed by atoms with Crippen LogP contribution in [0.4, 0.5) is 13.2 Å². The maximum absolute atomic E-state index is 13.0. The first-order valence-corrected chi connectivity index (χ1v) is 4.79. The second-order valence-corrected chi connectivity index (χ2v) is 3.77. The lowest BCUT2D eigenvalue weighted by Gasteiger charge is -2.43. The van der Waals surface area contributed by atoms with Crippen molar-refractivity contribution >= 4 is 0 Å². The summed E-state index contributed by atoms with van der Waals surface area (Å²) in [5, 5.41) is 0. The predicted molar refractivity (Wildman–Crippen MR) is 51.5 cm³/mol. The Morgan fingerprint density at radius 1 is 1.25 bits per heavy atom. The van der Waals surface area contributed by atoms with E-state index in [1.54, 1.807) is 12.1 Å². The van der Waals surface area contributed by atoms with Crippen LogP contribution in [0.15, 0.2) is 24.3 Å². The highest BCUT2D eigenvalue weighted by molar-refractivity contribution is 5.42. The third-order valence-corrected chi connectivity index (χ3v) is 2.86. The summed E-state index contributed by atoms with van der Waals surface area (Å²) in [6.45, 7) is -0.673. The Balaban J connectivity index is 2.49. The highest BCUT2D eigenvalue weighted by Gasteiger charge is 2.62. The molecule has 2 rings (SSSR count). The minimum Gasteiger partial charge on any atom is -0.496 e. The molecule has 1 heterocycles. The van der Waals surface area contributed by atoms with E-state index in [0.717, 1.165) is 0 Å². The second-order valence-electron chi connectivity index (χ2n) is 3.77. The van der Waals surface area contributed by atoms with Crippen LogP contribution in [0, 0.1) is 0 Å². The van der Waals surface area contributed by atoms with E-state index < -0.39 is 11.6 Å². The van der Waals surface area contributed by atoms with Gasteiger partial charge in [0.15, 0.2) is 0 Å². The van der Waals surface area contributed by atoms with Crippen molar-refractivity contribution in [1.82, 2.24) is 0 Å². The van der Waals surface area contributed by atoms with Crippen molar-refractivity contribution in [3.63, 3.8) is 0 Å². The molecule has 0 spiro atoms. The monoisotopic (exact) mass is 232 g/mol. The summed E-state index contributed by atoms with van der Waals surface area (Å²) in [5.41, 5.74) is -1.75. The third kappa shape index (κ3) is 1.46. The van der Waals surface area contributed by atoms with E-state index in [1.807, 2.05) is 0 Å². The van der Waals surface area contributed by atoms with Gasteiger partial charge in [0.05, 0.1) is 20.3 Å². The molecule has 5 heteroatoms. The molecule has 1 saturated heterocycles. The Bertz CT molecular complexity index is 383. The fourth-order valence-corrected chi connectivity index (χ4v) is 1.82. The van der Waals surface area contributed by atoms with Gasteiger partial charge in [0, 0.05) is 5.56 Å². The predicted octanol–water partition coefficient (Wildman–Crippen LogP) is 2.53. The molecule has 0 bridgehead atoms. The highest BCUT2D eigenvalue weighted by Crippen LogP contribution is 2.49. The van der Waals surface area contributed by atoms with Gasteiger partial charge in [-0.15, -0.1) is 0 Å². The van der Waals surface area contributed by atoms with Crippen LogP contribution in [0.3, 0.4) is 0 Å². The van der Waals surface area contributed by atoms with Gasteiger partial charge in [-0.05, 0) is 6.07 Å². The van der Waals surface area contributed by atoms with E-state index in [-0.39, 0.29) is 24.5 Å². The zero-order chi connectivity index (χ0) is 11.8. The van der Waals surface area contributed by atoms with E-state index in [4.69, 9.17) is 9.47 Å². The number of hydrogen-bond acceptors (Lipinski definition) is 2. The average molecular weight is 232 g/mol. The lowest BCUT2D eigenvalue weighted by Crippen LogP contribution is -2.57. The van der Waals surface area contributed by atoms with Gasteiger partial charge in [-0.25, -0.2) is 0 Å². The maximum Gasteiger partial charge on any atom is 0.403 e. The molecule has 0 N–H and O–H groups in total. The van der Waals surface area contributed by atoms with Crippen LogP contribution in [-0.4, -0.2) is 26.5 Å². The quantitative estimate of drug-likeness (QED) is 0.780. The van der Waals surface area contributed by atoms with Crippen LogP contribution < -0.4 is 4.74 Å². The molecule has 0 aliphatic carbocycles. The summed E-state index contributed by atoms with van der Waals surface area (Å²) >= 11 is 0. The molecule has 2 nitrogen and oxygen atoms in total. The Hall–Kier alpha value is -1.23. The molecule has 0 unspecified atom stereocenters. The van der Waals surface area contributed by atoms with E-state index in [0.29, 0.717) is 0 Å². The molecule has 0 amide bonds. The molecule has 1 aromatic carbocycles. The fourth-order valence-electron chi connectivity index (χ4n) is 1.82. The van der Waals surface area contributed by atoms with Gasteiger partial charge in [-0.1, -0.05) is 18.2 Å². The number of halogens is 3. The van der Waals surface area contributed by atoms with Crippen molar-refractivity contribution in [2.45, 2.75) is 11.6 Å². The van der Waals surface area contributed by atoms with Crippen LogP contribution in [-0.2, 0) is 10.2 Å².